The second-order valence-electron chi connectivity index (χ2n) is 12.4. The Morgan fingerprint density at radius 2 is 1.85 bits per heavy atom. The van der Waals surface area contributed by atoms with Gasteiger partial charge in [0, 0.05) is 31.7 Å². The number of esters is 1. The Labute approximate surface area is 235 Å². The molecule has 1 aromatic carbocycles. The number of benzene rings is 1. The van der Waals surface area contributed by atoms with Crippen LogP contribution in [0.1, 0.15) is 75.9 Å². The minimum Gasteiger partial charge on any atom is -0.494 e. The number of piperidine rings is 1. The third-order valence-electron chi connectivity index (χ3n) is 7.98. The topological polar surface area (TPSA) is 102 Å². The minimum absolute atomic E-state index is 0.0515. The molecule has 3 aromatic rings. The van der Waals surface area contributed by atoms with Crippen LogP contribution in [0, 0.1) is 23.2 Å². The zero-order valence-electron chi connectivity index (χ0n) is 24.4. The highest BCUT2D eigenvalue weighted by atomic mass is 16.6. The first-order valence-corrected chi connectivity index (χ1v) is 14.2. The van der Waals surface area contributed by atoms with Gasteiger partial charge < -0.3 is 23.5 Å². The van der Waals surface area contributed by atoms with Gasteiger partial charge in [-0.1, -0.05) is 0 Å². The van der Waals surface area contributed by atoms with Gasteiger partial charge in [-0.2, -0.15) is 5.26 Å². The average Bonchev–Trinajstić information content (AvgIpc) is 3.54. The first kappa shape index (κ1) is 27.8. The summed E-state index contributed by atoms with van der Waals surface area (Å²) in [5, 5.41) is 9.68. The van der Waals surface area contributed by atoms with Crippen molar-refractivity contribution in [3.63, 3.8) is 0 Å². The first-order chi connectivity index (χ1) is 19.0. The number of rotatable bonds is 7. The summed E-state index contributed by atoms with van der Waals surface area (Å²) in [5.74, 6) is 1.61. The quantitative estimate of drug-likeness (QED) is 0.373. The van der Waals surface area contributed by atoms with E-state index in [2.05, 4.69) is 17.6 Å². The Kier molecular flexibility index (Phi) is 7.38. The lowest BCUT2D eigenvalue weighted by Gasteiger charge is -2.38. The van der Waals surface area contributed by atoms with Crippen LogP contribution in [0.25, 0.3) is 22.6 Å². The SMILES string of the molecule is COc1cc(C(=O)N2C[C@H](CC(=O)OC(C)(C)C)CC[C@@H]2C)cc2nc(-c3ccc(C#N)n3CC3CC3)n(C)c12. The fourth-order valence-corrected chi connectivity index (χ4v) is 5.75. The molecule has 0 unspecified atom stereocenters. The number of hydrogen-bond donors (Lipinski definition) is 0. The van der Waals surface area contributed by atoms with Crippen molar-refractivity contribution in [2.45, 2.75) is 78.0 Å². The molecule has 0 N–H and O–H groups in total. The number of likely N-dealkylation sites (tertiary alicyclic amines) is 1. The van der Waals surface area contributed by atoms with E-state index in [1.165, 1.54) is 12.8 Å². The number of hydrogen-bond acceptors (Lipinski definition) is 6. The van der Waals surface area contributed by atoms with Crippen molar-refractivity contribution >= 4 is 22.9 Å². The third kappa shape index (κ3) is 5.58. The zero-order valence-corrected chi connectivity index (χ0v) is 24.4. The number of carbonyl (C=O) groups is 2. The molecule has 0 radical (unpaired) electrons. The third-order valence-corrected chi connectivity index (χ3v) is 7.98. The molecule has 9 heteroatoms. The van der Waals surface area contributed by atoms with Crippen LogP contribution in [0.15, 0.2) is 24.3 Å². The Morgan fingerprint density at radius 3 is 2.50 bits per heavy atom. The van der Waals surface area contributed by atoms with Crippen LogP contribution in [0.4, 0.5) is 0 Å². The van der Waals surface area contributed by atoms with E-state index < -0.39 is 5.60 Å². The maximum atomic E-state index is 13.8. The van der Waals surface area contributed by atoms with Gasteiger partial charge in [-0.3, -0.25) is 9.59 Å². The van der Waals surface area contributed by atoms with Crippen LogP contribution >= 0.6 is 0 Å². The van der Waals surface area contributed by atoms with E-state index in [0.29, 0.717) is 41.4 Å². The van der Waals surface area contributed by atoms with E-state index in [1.807, 2.05) is 55.5 Å². The number of nitriles is 1. The second-order valence-corrected chi connectivity index (χ2v) is 12.4. The first-order valence-electron chi connectivity index (χ1n) is 14.2. The molecule has 3 heterocycles. The van der Waals surface area contributed by atoms with Gasteiger partial charge in [0.25, 0.3) is 5.91 Å². The Bertz CT molecular complexity index is 1480. The number of nitrogens with zero attached hydrogens (tertiary/aromatic N) is 5. The Hall–Kier alpha value is -3.80. The normalized spacial score (nSPS) is 19.5. The van der Waals surface area contributed by atoms with Gasteiger partial charge in [-0.25, -0.2) is 4.98 Å². The van der Waals surface area contributed by atoms with Crippen molar-refractivity contribution in [3.05, 3.63) is 35.5 Å². The lowest BCUT2D eigenvalue weighted by Crippen LogP contribution is -2.46. The molecule has 2 aromatic heterocycles. The number of fused-ring (bicyclic) bond motifs is 1. The number of aryl methyl sites for hydroxylation is 1. The van der Waals surface area contributed by atoms with Gasteiger partial charge in [-0.05, 0) is 89.5 Å². The van der Waals surface area contributed by atoms with Crippen molar-refractivity contribution in [1.29, 1.82) is 5.26 Å². The number of ether oxygens (including phenoxy) is 2. The molecule has 0 spiro atoms. The lowest BCUT2D eigenvalue weighted by atomic mass is 9.90. The molecule has 5 rings (SSSR count). The van der Waals surface area contributed by atoms with Gasteiger partial charge in [0.05, 0.1) is 24.7 Å². The zero-order chi connectivity index (χ0) is 28.8. The molecule has 1 aliphatic carbocycles. The molecule has 40 heavy (non-hydrogen) atoms. The van der Waals surface area contributed by atoms with Crippen LogP contribution in [0.2, 0.25) is 0 Å². The van der Waals surface area contributed by atoms with Gasteiger partial charge in [-0.15, -0.1) is 0 Å². The molecule has 9 nitrogen and oxygen atoms in total. The van der Waals surface area contributed by atoms with Crippen LogP contribution in [-0.4, -0.2) is 56.2 Å². The molecule has 2 atom stereocenters. The van der Waals surface area contributed by atoms with Crippen LogP contribution in [-0.2, 0) is 23.1 Å². The fraction of sp³-hybridized carbons (Fsp3) is 0.548. The summed E-state index contributed by atoms with van der Waals surface area (Å²) in [6.07, 6.45) is 4.35. The number of aromatic nitrogens is 3. The van der Waals surface area contributed by atoms with E-state index in [1.54, 1.807) is 13.2 Å². The molecule has 0 bridgehead atoms. The van der Waals surface area contributed by atoms with Crippen molar-refractivity contribution in [2.75, 3.05) is 13.7 Å². The van der Waals surface area contributed by atoms with E-state index in [4.69, 9.17) is 14.5 Å². The van der Waals surface area contributed by atoms with Gasteiger partial charge >= 0.3 is 5.97 Å². The Balaban J connectivity index is 1.45. The van der Waals surface area contributed by atoms with Crippen molar-refractivity contribution in [3.8, 4) is 23.3 Å². The van der Waals surface area contributed by atoms with E-state index in [9.17, 15) is 14.9 Å². The van der Waals surface area contributed by atoms with Gasteiger partial charge in [0.15, 0.2) is 5.82 Å². The Morgan fingerprint density at radius 1 is 1.12 bits per heavy atom. The summed E-state index contributed by atoms with van der Waals surface area (Å²) in [5.41, 5.74) is 2.93. The van der Waals surface area contributed by atoms with E-state index in [-0.39, 0.29) is 23.8 Å². The summed E-state index contributed by atoms with van der Waals surface area (Å²) in [6.45, 7) is 8.94. The highest BCUT2D eigenvalue weighted by Gasteiger charge is 2.33. The van der Waals surface area contributed by atoms with E-state index in [0.717, 1.165) is 36.4 Å². The summed E-state index contributed by atoms with van der Waals surface area (Å²) in [7, 11) is 3.53. The molecule has 212 valence electrons. The highest BCUT2D eigenvalue weighted by molar-refractivity contribution is 6.00. The lowest BCUT2D eigenvalue weighted by molar-refractivity contribution is -0.156. The largest absolute Gasteiger partial charge is 0.494 e. The number of methoxy groups -OCH3 is 1. The summed E-state index contributed by atoms with van der Waals surface area (Å²) < 4.78 is 15.3. The molecule has 1 saturated carbocycles. The van der Waals surface area contributed by atoms with Gasteiger partial charge in [0.2, 0.25) is 0 Å². The fourth-order valence-electron chi connectivity index (χ4n) is 5.75. The maximum absolute atomic E-state index is 13.8. The number of imidazole rings is 1. The predicted molar refractivity (Wildman–Crippen MR) is 152 cm³/mol. The minimum atomic E-state index is -0.530. The number of amides is 1. The highest BCUT2D eigenvalue weighted by Crippen LogP contribution is 2.36. The predicted octanol–water partition coefficient (Wildman–Crippen LogP) is 5.30. The smallest absolute Gasteiger partial charge is 0.306 e. The molecule has 2 fully saturated rings. The van der Waals surface area contributed by atoms with Crippen molar-refractivity contribution in [2.24, 2.45) is 18.9 Å². The van der Waals surface area contributed by atoms with Crippen LogP contribution < -0.4 is 4.74 Å². The molecular formula is C31H39N5O4. The maximum Gasteiger partial charge on any atom is 0.306 e. The molecule has 1 aliphatic heterocycles. The molecular weight excluding hydrogens is 506 g/mol. The van der Waals surface area contributed by atoms with Crippen LogP contribution in [0.5, 0.6) is 5.75 Å². The molecule has 1 saturated heterocycles. The van der Waals surface area contributed by atoms with Gasteiger partial charge in [0.1, 0.15) is 28.6 Å². The van der Waals surface area contributed by atoms with Crippen molar-refractivity contribution in [1.82, 2.24) is 19.0 Å². The van der Waals surface area contributed by atoms with Crippen LogP contribution in [0.3, 0.4) is 0 Å². The second kappa shape index (κ2) is 10.6. The summed E-state index contributed by atoms with van der Waals surface area (Å²) in [6, 6.07) is 9.76. The number of carbonyl (C=O) groups excluding carboxylic acids is 2. The molecule has 2 aliphatic rings. The standard InChI is InChI=1S/C31H39N5O4/c1-19-7-8-21(13-27(37)40-31(2,3)4)18-35(19)30(38)22-14-24-28(26(15-22)39-6)34(5)29(33-24)25-12-11-23(16-32)36(25)17-20-9-10-20/h11-12,14-15,19-21H,7-10,13,17-18H2,1-6H3/t19-,21-/m0/s1. The summed E-state index contributed by atoms with van der Waals surface area (Å²) in [4.78, 5) is 33.1. The summed E-state index contributed by atoms with van der Waals surface area (Å²) >= 11 is 0. The average molecular weight is 546 g/mol. The van der Waals surface area contributed by atoms with E-state index >= 15 is 0 Å². The molecule has 1 amide bonds. The monoisotopic (exact) mass is 545 g/mol. The van der Waals surface area contributed by atoms with Crippen molar-refractivity contribution < 1.29 is 19.1 Å².